The van der Waals surface area contributed by atoms with Gasteiger partial charge >= 0.3 is 34.0 Å². The summed E-state index contributed by atoms with van der Waals surface area (Å²) in [6.07, 6.45) is -10.6. The van der Waals surface area contributed by atoms with Gasteiger partial charge in [-0.25, -0.2) is 13.5 Å². The maximum absolute atomic E-state index is 14.2. The van der Waals surface area contributed by atoms with Crippen molar-refractivity contribution in [3.8, 4) is 0 Å². The molecule has 4 aliphatic carbocycles. The molecule has 4 rings (SSSR count). The van der Waals surface area contributed by atoms with Gasteiger partial charge in [0.1, 0.15) is 11.5 Å². The molecule has 0 aromatic heterocycles. The van der Waals surface area contributed by atoms with Crippen LogP contribution in [0.2, 0.25) is 0 Å². The molecule has 39 heavy (non-hydrogen) atoms. The van der Waals surface area contributed by atoms with E-state index in [9.17, 15) is 48.3 Å². The minimum Gasteiger partial charge on any atom is -0.382 e. The monoisotopic (exact) mass is 594 g/mol. The Labute approximate surface area is 221 Å². The third-order valence-corrected chi connectivity index (χ3v) is 10.9. The first-order valence-electron chi connectivity index (χ1n) is 12.7. The Hall–Kier alpha value is -1.70. The Morgan fingerprint density at radius 1 is 1.03 bits per heavy atom. The molecule has 0 aliphatic heterocycles. The summed E-state index contributed by atoms with van der Waals surface area (Å²) in [5.41, 5.74) is -0.0356. The van der Waals surface area contributed by atoms with Crippen molar-refractivity contribution < 1.29 is 57.3 Å². The zero-order chi connectivity index (χ0) is 29.4. The number of halogens is 8. The number of ketones is 1. The van der Waals surface area contributed by atoms with E-state index < -0.39 is 45.2 Å². The number of hydrogen-bond acceptors (Lipinski definition) is 5. The molecule has 14 heteroatoms. The summed E-state index contributed by atoms with van der Waals surface area (Å²) < 4.78 is 137. The maximum Gasteiger partial charge on any atom is 0.471 e. The first-order chi connectivity index (χ1) is 17.7. The lowest BCUT2D eigenvalue weighted by molar-refractivity contribution is -0.435. The number of Topliss-reactive ketones (excluding diaryl/α,β-unsaturated/α-hetero) is 1. The smallest absolute Gasteiger partial charge is 0.382 e. The van der Waals surface area contributed by atoms with Crippen LogP contribution in [0.15, 0.2) is 23.5 Å². The van der Waals surface area contributed by atoms with Crippen LogP contribution in [0.3, 0.4) is 0 Å². The van der Waals surface area contributed by atoms with Gasteiger partial charge in [0.05, 0.1) is 0 Å². The van der Waals surface area contributed by atoms with Gasteiger partial charge in [-0.1, -0.05) is 19.9 Å². The molecule has 4 aliphatic rings. The highest BCUT2D eigenvalue weighted by molar-refractivity contribution is 7.88. The van der Waals surface area contributed by atoms with Crippen molar-refractivity contribution in [1.29, 1.82) is 0 Å². The second-order valence-corrected chi connectivity index (χ2v) is 13.2. The Morgan fingerprint density at radius 3 is 2.26 bits per heavy atom. The number of carbonyl (C=O) groups is 1. The van der Waals surface area contributed by atoms with Crippen molar-refractivity contribution >= 4 is 15.9 Å². The van der Waals surface area contributed by atoms with Crippen molar-refractivity contribution in [3.05, 3.63) is 23.5 Å². The Bertz CT molecular complexity index is 1180. The van der Waals surface area contributed by atoms with Gasteiger partial charge in [-0.05, 0) is 85.7 Å². The summed E-state index contributed by atoms with van der Waals surface area (Å²) in [4.78, 5) is 12.3. The molecule has 0 amide bonds. The summed E-state index contributed by atoms with van der Waals surface area (Å²) in [5, 5.41) is -6.41. The van der Waals surface area contributed by atoms with Gasteiger partial charge in [0.2, 0.25) is 0 Å². The second-order valence-electron chi connectivity index (χ2n) is 11.6. The summed E-state index contributed by atoms with van der Waals surface area (Å²) in [5.74, 6) is 0.249. The number of alkyl halides is 8. The van der Waals surface area contributed by atoms with E-state index in [4.69, 9.17) is 0 Å². The standard InChI is InChI=1S/C25H30F8O5S/c1-13(34)17-6-7-18-16-5-4-14-12-15(8-10-21(14,2)19(16)9-11-22(17,18)3)37-39(35,36)25(32,33)24(30,31)38-23(28,29)20(26)27/h4,12,16-20H,5-11H2,1-3H3/t16-,17+,18-,19-,21-,22+/m0/s1. The second kappa shape index (κ2) is 9.42. The first-order valence-corrected chi connectivity index (χ1v) is 14.1. The van der Waals surface area contributed by atoms with Crippen molar-refractivity contribution in [3.63, 3.8) is 0 Å². The quantitative estimate of drug-likeness (QED) is 0.223. The minimum atomic E-state index is -6.64. The van der Waals surface area contributed by atoms with Crippen LogP contribution in [0.5, 0.6) is 0 Å². The maximum atomic E-state index is 14.2. The third kappa shape index (κ3) is 4.70. The lowest BCUT2D eigenvalue weighted by Gasteiger charge is -2.56. The van der Waals surface area contributed by atoms with Crippen LogP contribution in [-0.4, -0.2) is 38.1 Å². The van der Waals surface area contributed by atoms with E-state index in [-0.39, 0.29) is 41.8 Å². The van der Waals surface area contributed by atoms with Crippen LogP contribution < -0.4 is 0 Å². The van der Waals surface area contributed by atoms with Crippen molar-refractivity contribution in [2.75, 3.05) is 0 Å². The van der Waals surface area contributed by atoms with Crippen LogP contribution in [0, 0.1) is 34.5 Å². The number of allylic oxidation sites excluding steroid dienone is 4. The minimum absolute atomic E-state index is 0.0116. The summed E-state index contributed by atoms with van der Waals surface area (Å²) in [7, 11) is -6.64. The average Bonchev–Trinajstić information content (AvgIpc) is 3.15. The Morgan fingerprint density at radius 2 is 1.67 bits per heavy atom. The topological polar surface area (TPSA) is 69.7 Å². The number of fused-ring (bicyclic) bond motifs is 5. The molecule has 0 aromatic rings. The van der Waals surface area contributed by atoms with Crippen LogP contribution in [0.4, 0.5) is 35.1 Å². The van der Waals surface area contributed by atoms with Gasteiger partial charge < -0.3 is 4.18 Å². The third-order valence-electron chi connectivity index (χ3n) is 9.61. The van der Waals surface area contributed by atoms with E-state index in [1.165, 1.54) is 6.08 Å². The fourth-order valence-electron chi connectivity index (χ4n) is 7.65. The molecule has 0 radical (unpaired) electrons. The highest BCUT2D eigenvalue weighted by atomic mass is 32.2. The van der Waals surface area contributed by atoms with E-state index >= 15 is 0 Å². The van der Waals surface area contributed by atoms with Gasteiger partial charge in [-0.2, -0.15) is 34.8 Å². The van der Waals surface area contributed by atoms with Crippen LogP contribution in [0.1, 0.15) is 65.7 Å². The van der Waals surface area contributed by atoms with Gasteiger partial charge in [0.25, 0.3) is 0 Å². The van der Waals surface area contributed by atoms with E-state index in [2.05, 4.69) is 15.8 Å². The number of hydrogen-bond donors (Lipinski definition) is 0. The Kier molecular flexibility index (Phi) is 7.31. The van der Waals surface area contributed by atoms with E-state index in [0.717, 1.165) is 25.7 Å². The van der Waals surface area contributed by atoms with Crippen molar-refractivity contribution in [2.45, 2.75) is 89.6 Å². The SMILES string of the molecule is CC(=O)[C@H]1CC[C@H]2[C@@H]3CC=C4C=C(OS(=O)(=O)C(F)(F)C(F)(F)OC(F)(F)C(F)F)CC[C@]4(C)[C@H]3CC[C@]12C. The molecule has 0 N–H and O–H groups in total. The summed E-state index contributed by atoms with van der Waals surface area (Å²) in [6, 6.07) is 0. The van der Waals surface area contributed by atoms with Crippen molar-refractivity contribution in [1.82, 2.24) is 0 Å². The van der Waals surface area contributed by atoms with E-state index in [1.54, 1.807) is 6.92 Å². The highest BCUT2D eigenvalue weighted by Gasteiger charge is 2.73. The zero-order valence-corrected chi connectivity index (χ0v) is 22.3. The first kappa shape index (κ1) is 30.3. The number of ether oxygens (including phenoxy) is 1. The largest absolute Gasteiger partial charge is 0.471 e. The summed E-state index contributed by atoms with van der Waals surface area (Å²) >= 11 is 0. The molecule has 0 spiro atoms. The van der Waals surface area contributed by atoms with Crippen LogP contribution >= 0.6 is 0 Å². The molecule has 0 unspecified atom stereocenters. The van der Waals surface area contributed by atoms with Crippen LogP contribution in [0.25, 0.3) is 0 Å². The molecule has 5 nitrogen and oxygen atoms in total. The van der Waals surface area contributed by atoms with Crippen molar-refractivity contribution in [2.24, 2.45) is 34.5 Å². The number of rotatable bonds is 8. The molecule has 0 aromatic carbocycles. The molecule has 6 atom stereocenters. The lowest BCUT2D eigenvalue weighted by atomic mass is 9.48. The predicted molar refractivity (Wildman–Crippen MR) is 121 cm³/mol. The molecule has 2 saturated carbocycles. The van der Waals surface area contributed by atoms with E-state index in [1.807, 2.05) is 13.0 Å². The lowest BCUT2D eigenvalue weighted by Crippen LogP contribution is -2.53. The normalized spacial score (nSPS) is 35.5. The van der Waals surface area contributed by atoms with Crippen LogP contribution in [-0.2, 0) is 23.8 Å². The van der Waals surface area contributed by atoms with Gasteiger partial charge in [-0.15, -0.1) is 0 Å². The molecule has 2 fully saturated rings. The number of carbonyl (C=O) groups excluding carboxylic acids is 1. The van der Waals surface area contributed by atoms with Gasteiger partial charge in [0.15, 0.2) is 0 Å². The molecule has 222 valence electrons. The molecule has 0 heterocycles. The molecule has 0 bridgehead atoms. The molecular formula is C25H30F8O5S. The predicted octanol–water partition coefficient (Wildman–Crippen LogP) is 7.05. The zero-order valence-electron chi connectivity index (χ0n) is 21.5. The van der Waals surface area contributed by atoms with E-state index in [0.29, 0.717) is 17.9 Å². The fourth-order valence-corrected chi connectivity index (χ4v) is 8.50. The van der Waals surface area contributed by atoms with Gasteiger partial charge in [-0.3, -0.25) is 4.79 Å². The summed E-state index contributed by atoms with van der Waals surface area (Å²) in [6.45, 7) is 5.73. The Balaban J connectivity index is 1.56. The fraction of sp³-hybridized carbons (Fsp3) is 0.800. The average molecular weight is 595 g/mol. The highest BCUT2D eigenvalue weighted by Crippen LogP contribution is 2.66. The van der Waals surface area contributed by atoms with Gasteiger partial charge in [0, 0.05) is 12.3 Å². The molecular weight excluding hydrogens is 564 g/mol. The molecule has 0 saturated heterocycles.